The lowest BCUT2D eigenvalue weighted by molar-refractivity contribution is -0.141. The van der Waals surface area contributed by atoms with Crippen molar-refractivity contribution in [2.45, 2.75) is 19.8 Å². The van der Waals surface area contributed by atoms with Gasteiger partial charge in [0.25, 0.3) is 0 Å². The van der Waals surface area contributed by atoms with Gasteiger partial charge in [0.2, 0.25) is 11.7 Å². The van der Waals surface area contributed by atoms with E-state index >= 15 is 0 Å². The van der Waals surface area contributed by atoms with Crippen LogP contribution in [0.15, 0.2) is 59.2 Å². The Morgan fingerprint density at radius 1 is 1.06 bits per heavy atom. The van der Waals surface area contributed by atoms with Gasteiger partial charge >= 0.3 is 5.97 Å². The standard InChI is InChI=1S/C24H21NO5S/c1-15(26)25-11-10-18-7-9-22(31-18)20(27)14-30-23(28)12-17-13-29-21-8-6-16-4-2-3-5-19(16)24(17)21/h2-9,13H,10-12,14H2,1H3,(H,25,26). The number of thiophene rings is 1. The van der Waals surface area contributed by atoms with E-state index in [1.54, 1.807) is 12.3 Å². The predicted molar refractivity (Wildman–Crippen MR) is 119 cm³/mol. The second-order valence-corrected chi connectivity index (χ2v) is 8.35. The van der Waals surface area contributed by atoms with E-state index in [0.29, 0.717) is 23.4 Å². The van der Waals surface area contributed by atoms with Crippen molar-refractivity contribution in [2.24, 2.45) is 0 Å². The number of carbonyl (C=O) groups excluding carboxylic acids is 3. The Kier molecular flexibility index (Phi) is 6.13. The number of amides is 1. The molecular weight excluding hydrogens is 414 g/mol. The van der Waals surface area contributed by atoms with Crippen molar-refractivity contribution in [1.82, 2.24) is 5.32 Å². The number of carbonyl (C=O) groups is 3. The summed E-state index contributed by atoms with van der Waals surface area (Å²) in [5, 5.41) is 5.69. The SMILES string of the molecule is CC(=O)NCCc1ccc(C(=O)COC(=O)Cc2coc3ccc4ccccc4c23)s1. The minimum absolute atomic E-state index is 0.0285. The van der Waals surface area contributed by atoms with E-state index in [4.69, 9.17) is 9.15 Å². The van der Waals surface area contributed by atoms with Crippen LogP contribution in [-0.4, -0.2) is 30.8 Å². The first-order chi connectivity index (χ1) is 15.0. The fourth-order valence-electron chi connectivity index (χ4n) is 3.45. The van der Waals surface area contributed by atoms with Crippen molar-refractivity contribution >= 4 is 50.7 Å². The summed E-state index contributed by atoms with van der Waals surface area (Å²) in [5.74, 6) is -0.809. The number of rotatable bonds is 8. The molecule has 0 aliphatic rings. The molecule has 4 aromatic rings. The molecule has 2 aromatic carbocycles. The molecular formula is C24H21NO5S. The van der Waals surface area contributed by atoms with E-state index in [2.05, 4.69) is 5.32 Å². The fraction of sp³-hybridized carbons (Fsp3) is 0.208. The molecule has 0 fully saturated rings. The van der Waals surface area contributed by atoms with Crippen LogP contribution in [0.2, 0.25) is 0 Å². The zero-order valence-corrected chi connectivity index (χ0v) is 17.8. The number of ether oxygens (including phenoxy) is 1. The van der Waals surface area contributed by atoms with Crippen molar-refractivity contribution in [3.8, 4) is 0 Å². The Morgan fingerprint density at radius 2 is 1.90 bits per heavy atom. The smallest absolute Gasteiger partial charge is 0.310 e. The molecule has 1 N–H and O–H groups in total. The molecule has 2 aromatic heterocycles. The van der Waals surface area contributed by atoms with Crippen LogP contribution in [-0.2, 0) is 27.2 Å². The summed E-state index contributed by atoms with van der Waals surface area (Å²) in [6, 6.07) is 15.3. The highest BCUT2D eigenvalue weighted by molar-refractivity contribution is 7.14. The summed E-state index contributed by atoms with van der Waals surface area (Å²) in [5.41, 5.74) is 1.45. The highest BCUT2D eigenvalue weighted by Crippen LogP contribution is 2.30. The largest absolute Gasteiger partial charge is 0.464 e. The van der Waals surface area contributed by atoms with Gasteiger partial charge in [0, 0.05) is 29.3 Å². The van der Waals surface area contributed by atoms with Crippen LogP contribution in [0, 0.1) is 0 Å². The van der Waals surface area contributed by atoms with Gasteiger partial charge in [0.05, 0.1) is 17.6 Å². The van der Waals surface area contributed by atoms with E-state index in [9.17, 15) is 14.4 Å². The van der Waals surface area contributed by atoms with E-state index in [1.165, 1.54) is 18.3 Å². The molecule has 0 saturated heterocycles. The lowest BCUT2D eigenvalue weighted by Crippen LogP contribution is -2.22. The van der Waals surface area contributed by atoms with Crippen LogP contribution in [0.4, 0.5) is 0 Å². The Morgan fingerprint density at radius 3 is 2.74 bits per heavy atom. The first-order valence-electron chi connectivity index (χ1n) is 9.91. The molecule has 0 radical (unpaired) electrons. The van der Waals surface area contributed by atoms with E-state index in [0.717, 1.165) is 26.6 Å². The quantitative estimate of drug-likeness (QED) is 0.330. The number of fused-ring (bicyclic) bond motifs is 3. The molecule has 6 nitrogen and oxygen atoms in total. The number of Topliss-reactive ketones (excluding diaryl/α,β-unsaturated/α-hetero) is 1. The summed E-state index contributed by atoms with van der Waals surface area (Å²) in [7, 11) is 0. The molecule has 1 amide bonds. The number of furan rings is 1. The average Bonchev–Trinajstić information content (AvgIpc) is 3.39. The molecule has 0 bridgehead atoms. The van der Waals surface area contributed by atoms with Crippen LogP contribution in [0.5, 0.6) is 0 Å². The maximum absolute atomic E-state index is 12.4. The van der Waals surface area contributed by atoms with Crippen LogP contribution in [0.25, 0.3) is 21.7 Å². The zero-order chi connectivity index (χ0) is 21.8. The normalized spacial score (nSPS) is 11.0. The molecule has 7 heteroatoms. The van der Waals surface area contributed by atoms with Crippen molar-refractivity contribution in [2.75, 3.05) is 13.2 Å². The molecule has 0 aliphatic carbocycles. The molecule has 0 spiro atoms. The number of hydrogen-bond acceptors (Lipinski definition) is 6. The van der Waals surface area contributed by atoms with Crippen molar-refractivity contribution < 1.29 is 23.5 Å². The van der Waals surface area contributed by atoms with Crippen molar-refractivity contribution in [3.05, 3.63) is 70.1 Å². The number of nitrogens with one attached hydrogen (secondary N) is 1. The lowest BCUT2D eigenvalue weighted by atomic mass is 10.0. The molecule has 0 unspecified atom stereocenters. The highest BCUT2D eigenvalue weighted by Gasteiger charge is 2.16. The van der Waals surface area contributed by atoms with Crippen LogP contribution in [0.3, 0.4) is 0 Å². The summed E-state index contributed by atoms with van der Waals surface area (Å²) in [4.78, 5) is 37.2. The van der Waals surface area contributed by atoms with Gasteiger partial charge in [-0.05, 0) is 35.4 Å². The predicted octanol–water partition coefficient (Wildman–Crippen LogP) is 4.29. The van der Waals surface area contributed by atoms with Crippen molar-refractivity contribution in [1.29, 1.82) is 0 Å². The van der Waals surface area contributed by atoms with Gasteiger partial charge in [0.1, 0.15) is 5.58 Å². The first kappa shape index (κ1) is 20.8. The first-order valence-corrected chi connectivity index (χ1v) is 10.7. The molecule has 0 atom stereocenters. The van der Waals surface area contributed by atoms with E-state index < -0.39 is 5.97 Å². The summed E-state index contributed by atoms with van der Waals surface area (Å²) >= 11 is 1.35. The molecule has 158 valence electrons. The van der Waals surface area contributed by atoms with Gasteiger partial charge in [-0.2, -0.15) is 0 Å². The number of hydrogen-bond donors (Lipinski definition) is 1. The van der Waals surface area contributed by atoms with Crippen LogP contribution in [0.1, 0.15) is 27.0 Å². The summed E-state index contributed by atoms with van der Waals surface area (Å²) in [6.45, 7) is 1.68. The summed E-state index contributed by atoms with van der Waals surface area (Å²) in [6.07, 6.45) is 2.25. The van der Waals surface area contributed by atoms with Crippen LogP contribution >= 0.6 is 11.3 Å². The van der Waals surface area contributed by atoms with Gasteiger partial charge in [-0.15, -0.1) is 11.3 Å². The topological polar surface area (TPSA) is 85.6 Å². The average molecular weight is 436 g/mol. The van der Waals surface area contributed by atoms with Gasteiger partial charge < -0.3 is 14.5 Å². The number of benzene rings is 2. The fourth-order valence-corrected chi connectivity index (χ4v) is 4.38. The highest BCUT2D eigenvalue weighted by atomic mass is 32.1. The maximum Gasteiger partial charge on any atom is 0.310 e. The lowest BCUT2D eigenvalue weighted by Gasteiger charge is -2.04. The molecule has 4 rings (SSSR count). The monoisotopic (exact) mass is 435 g/mol. The maximum atomic E-state index is 12.4. The Labute approximate surface area is 182 Å². The van der Waals surface area contributed by atoms with Gasteiger partial charge in [0.15, 0.2) is 6.61 Å². The molecule has 31 heavy (non-hydrogen) atoms. The third-order valence-corrected chi connectivity index (χ3v) is 6.11. The van der Waals surface area contributed by atoms with Crippen molar-refractivity contribution in [3.63, 3.8) is 0 Å². The van der Waals surface area contributed by atoms with Gasteiger partial charge in [-0.3, -0.25) is 14.4 Å². The summed E-state index contributed by atoms with van der Waals surface area (Å²) < 4.78 is 10.8. The van der Waals surface area contributed by atoms with Gasteiger partial charge in [-0.25, -0.2) is 0 Å². The molecule has 0 aliphatic heterocycles. The van der Waals surface area contributed by atoms with Gasteiger partial charge in [-0.1, -0.05) is 30.3 Å². The third-order valence-electron chi connectivity index (χ3n) is 4.92. The van der Waals surface area contributed by atoms with Crippen LogP contribution < -0.4 is 5.32 Å². The Bertz CT molecular complexity index is 1270. The third kappa shape index (κ3) is 4.83. The Hall–Kier alpha value is -3.45. The Balaban J connectivity index is 1.37. The van der Waals surface area contributed by atoms with E-state index in [1.807, 2.05) is 42.5 Å². The molecule has 0 saturated carbocycles. The van der Waals surface area contributed by atoms with E-state index in [-0.39, 0.29) is 24.7 Å². The molecule has 2 heterocycles. The minimum Gasteiger partial charge on any atom is -0.464 e. The minimum atomic E-state index is -0.480. The number of ketones is 1. The number of esters is 1. The zero-order valence-electron chi connectivity index (χ0n) is 17.0. The second-order valence-electron chi connectivity index (χ2n) is 7.18. The second kappa shape index (κ2) is 9.14.